The van der Waals surface area contributed by atoms with Gasteiger partial charge in [-0.1, -0.05) is 36.3 Å². The number of rotatable bonds is 7. The van der Waals surface area contributed by atoms with Crippen LogP contribution in [0.2, 0.25) is 0 Å². The molecule has 3 rings (SSSR count). The first-order valence-corrected chi connectivity index (χ1v) is 9.67. The van der Waals surface area contributed by atoms with Crippen molar-refractivity contribution in [2.24, 2.45) is 0 Å². The molecule has 0 aliphatic carbocycles. The topological polar surface area (TPSA) is 105 Å². The van der Waals surface area contributed by atoms with Gasteiger partial charge in [0.2, 0.25) is 0 Å². The molecule has 0 saturated heterocycles. The summed E-state index contributed by atoms with van der Waals surface area (Å²) >= 11 is 0. The molecule has 1 unspecified atom stereocenters. The minimum Gasteiger partial charge on any atom is -0.481 e. The lowest BCUT2D eigenvalue weighted by molar-refractivity contribution is -0.136. The molecule has 0 aromatic heterocycles. The van der Waals surface area contributed by atoms with Gasteiger partial charge < -0.3 is 24.8 Å². The fraction of sp³-hybridized carbons (Fsp3) is 0.261. The molecule has 0 spiro atoms. The summed E-state index contributed by atoms with van der Waals surface area (Å²) in [6.07, 6.45) is 3.87. The summed E-state index contributed by atoms with van der Waals surface area (Å²) in [6, 6.07) is 12.4. The summed E-state index contributed by atoms with van der Waals surface area (Å²) in [6.45, 7) is 2.04. The number of fused-ring (bicyclic) bond motifs is 1. The zero-order chi connectivity index (χ0) is 22.4. The molecule has 0 radical (unpaired) electrons. The van der Waals surface area contributed by atoms with Gasteiger partial charge in [-0.05, 0) is 30.2 Å². The molecule has 8 heteroatoms. The third-order valence-electron chi connectivity index (χ3n) is 4.71. The van der Waals surface area contributed by atoms with Crippen LogP contribution >= 0.6 is 0 Å². The minimum absolute atomic E-state index is 0.135. The Morgan fingerprint density at radius 3 is 2.71 bits per heavy atom. The number of hydrogen-bond acceptors (Lipinski definition) is 5. The number of alkyl carbamates (subject to hydrolysis) is 1. The van der Waals surface area contributed by atoms with Crippen LogP contribution in [0.15, 0.2) is 42.5 Å². The first-order chi connectivity index (χ1) is 14.9. The molecular formula is C23H22N2O6. The third-order valence-corrected chi connectivity index (χ3v) is 4.71. The van der Waals surface area contributed by atoms with Crippen molar-refractivity contribution < 1.29 is 29.0 Å². The molecule has 2 aromatic rings. The highest BCUT2D eigenvalue weighted by Gasteiger charge is 2.32. The molecule has 0 saturated carbocycles. The van der Waals surface area contributed by atoms with E-state index in [4.69, 9.17) is 21.0 Å². The Bertz CT molecular complexity index is 1030. The predicted octanol–water partition coefficient (Wildman–Crippen LogP) is 2.34. The molecule has 1 atom stereocenters. The van der Waals surface area contributed by atoms with Crippen molar-refractivity contribution >= 4 is 23.7 Å². The van der Waals surface area contributed by atoms with Crippen LogP contribution in [0.4, 0.5) is 10.5 Å². The predicted molar refractivity (Wildman–Crippen MR) is 113 cm³/mol. The fourth-order valence-electron chi connectivity index (χ4n) is 3.21. The normalized spacial score (nSPS) is 14.8. The van der Waals surface area contributed by atoms with Crippen LogP contribution in [0.5, 0.6) is 5.75 Å². The van der Waals surface area contributed by atoms with Crippen molar-refractivity contribution in [1.29, 1.82) is 0 Å². The van der Waals surface area contributed by atoms with E-state index >= 15 is 0 Å². The molecule has 1 aliphatic rings. The Balaban J connectivity index is 1.68. The van der Waals surface area contributed by atoms with Gasteiger partial charge in [-0.3, -0.25) is 9.59 Å². The zero-order valence-corrected chi connectivity index (χ0v) is 17.0. The number of ether oxygens (including phenoxy) is 2. The van der Waals surface area contributed by atoms with E-state index in [-0.39, 0.29) is 32.0 Å². The maximum absolute atomic E-state index is 12.7. The average Bonchev–Trinajstić information content (AvgIpc) is 2.75. The SMILES string of the molecule is C#Cc1cc2c(cc1CC(=O)O)N(CCNC(=O)OCc1ccccc1)C(=O)C(C)O2. The Kier molecular flexibility index (Phi) is 6.78. The van der Waals surface area contributed by atoms with E-state index in [9.17, 15) is 14.4 Å². The Morgan fingerprint density at radius 2 is 2.03 bits per heavy atom. The van der Waals surface area contributed by atoms with Gasteiger partial charge >= 0.3 is 12.1 Å². The number of terminal acetylenes is 1. The van der Waals surface area contributed by atoms with Gasteiger partial charge in [0, 0.05) is 18.7 Å². The van der Waals surface area contributed by atoms with E-state index < -0.39 is 18.2 Å². The number of carbonyl (C=O) groups excluding carboxylic acids is 2. The number of nitrogens with zero attached hydrogens (tertiary/aromatic N) is 1. The van der Waals surface area contributed by atoms with E-state index in [2.05, 4.69) is 11.2 Å². The van der Waals surface area contributed by atoms with Gasteiger partial charge in [-0.15, -0.1) is 6.42 Å². The second-order valence-corrected chi connectivity index (χ2v) is 6.93. The van der Waals surface area contributed by atoms with E-state index in [0.29, 0.717) is 22.6 Å². The molecular weight excluding hydrogens is 400 g/mol. The first kappa shape index (κ1) is 21.7. The number of carboxylic acids is 1. The number of hydrogen-bond donors (Lipinski definition) is 2. The van der Waals surface area contributed by atoms with Gasteiger partial charge in [0.25, 0.3) is 5.91 Å². The largest absolute Gasteiger partial charge is 0.481 e. The summed E-state index contributed by atoms with van der Waals surface area (Å²) in [4.78, 5) is 37.2. The summed E-state index contributed by atoms with van der Waals surface area (Å²) in [7, 11) is 0. The highest BCUT2D eigenvalue weighted by atomic mass is 16.5. The van der Waals surface area contributed by atoms with Crippen LogP contribution in [0, 0.1) is 12.3 Å². The van der Waals surface area contributed by atoms with Gasteiger partial charge in [0.05, 0.1) is 12.1 Å². The van der Waals surface area contributed by atoms with Crippen LogP contribution in [-0.2, 0) is 27.4 Å². The quantitative estimate of drug-likeness (QED) is 0.664. The number of carbonyl (C=O) groups is 3. The number of carboxylic acid groups (broad SMARTS) is 1. The lowest BCUT2D eigenvalue weighted by Gasteiger charge is -2.33. The average molecular weight is 422 g/mol. The summed E-state index contributed by atoms with van der Waals surface area (Å²) in [5.41, 5.74) is 2.07. The van der Waals surface area contributed by atoms with Gasteiger partial charge in [-0.25, -0.2) is 4.79 Å². The maximum atomic E-state index is 12.7. The van der Waals surface area contributed by atoms with Crippen molar-refractivity contribution in [3.8, 4) is 18.1 Å². The van der Waals surface area contributed by atoms with Crippen LogP contribution < -0.4 is 15.0 Å². The highest BCUT2D eigenvalue weighted by Crippen LogP contribution is 2.36. The van der Waals surface area contributed by atoms with Crippen molar-refractivity contribution in [1.82, 2.24) is 5.32 Å². The highest BCUT2D eigenvalue weighted by molar-refractivity contribution is 6.00. The first-order valence-electron chi connectivity index (χ1n) is 9.67. The van der Waals surface area contributed by atoms with Crippen LogP contribution in [0.3, 0.4) is 0 Å². The third kappa shape index (κ3) is 5.34. The molecule has 0 fully saturated rings. The van der Waals surface area contributed by atoms with E-state index in [1.165, 1.54) is 4.90 Å². The molecule has 0 bridgehead atoms. The zero-order valence-electron chi connectivity index (χ0n) is 17.0. The van der Waals surface area contributed by atoms with E-state index in [1.807, 2.05) is 30.3 Å². The van der Waals surface area contributed by atoms with Crippen LogP contribution in [-0.4, -0.2) is 42.3 Å². The molecule has 1 heterocycles. The fourth-order valence-corrected chi connectivity index (χ4v) is 3.21. The molecule has 2 amide bonds. The van der Waals surface area contributed by atoms with Gasteiger partial charge in [0.15, 0.2) is 6.10 Å². The van der Waals surface area contributed by atoms with Crippen molar-refractivity contribution in [2.45, 2.75) is 26.1 Å². The van der Waals surface area contributed by atoms with Gasteiger partial charge in [0.1, 0.15) is 12.4 Å². The maximum Gasteiger partial charge on any atom is 0.407 e. The Labute approximate surface area is 179 Å². The lowest BCUT2D eigenvalue weighted by Crippen LogP contribution is -2.47. The summed E-state index contributed by atoms with van der Waals surface area (Å²) in [5.74, 6) is 1.50. The minimum atomic E-state index is -1.04. The van der Waals surface area contributed by atoms with E-state index in [1.54, 1.807) is 19.1 Å². The molecule has 2 N–H and O–H groups in total. The summed E-state index contributed by atoms with van der Waals surface area (Å²) < 4.78 is 10.8. The number of aliphatic carboxylic acids is 1. The van der Waals surface area contributed by atoms with Crippen LogP contribution in [0.25, 0.3) is 0 Å². The molecule has 160 valence electrons. The van der Waals surface area contributed by atoms with Crippen molar-refractivity contribution in [3.63, 3.8) is 0 Å². The van der Waals surface area contributed by atoms with Crippen LogP contribution in [0.1, 0.15) is 23.6 Å². The standard InChI is InChI=1S/C23H22N2O6/c1-3-17-12-20-19(11-18(17)13-21(26)27)25(22(28)15(2)31-20)10-9-24-23(29)30-14-16-7-5-4-6-8-16/h1,4-8,11-12,15H,9-10,13-14H2,2H3,(H,24,29)(H,26,27). The number of benzene rings is 2. The molecule has 8 nitrogen and oxygen atoms in total. The second kappa shape index (κ2) is 9.67. The number of anilines is 1. The molecule has 2 aromatic carbocycles. The van der Waals surface area contributed by atoms with Gasteiger partial charge in [-0.2, -0.15) is 0 Å². The van der Waals surface area contributed by atoms with E-state index in [0.717, 1.165) is 5.56 Å². The molecule has 1 aliphatic heterocycles. The molecule has 31 heavy (non-hydrogen) atoms. The van der Waals surface area contributed by atoms with Crippen molar-refractivity contribution in [2.75, 3.05) is 18.0 Å². The monoisotopic (exact) mass is 422 g/mol. The Morgan fingerprint density at radius 1 is 1.29 bits per heavy atom. The Hall–Kier alpha value is -3.99. The number of amides is 2. The van der Waals surface area contributed by atoms with Crippen molar-refractivity contribution in [3.05, 3.63) is 59.2 Å². The smallest absolute Gasteiger partial charge is 0.407 e. The lowest BCUT2D eigenvalue weighted by atomic mass is 10.0. The summed E-state index contributed by atoms with van der Waals surface area (Å²) in [5, 5.41) is 11.8. The second-order valence-electron chi connectivity index (χ2n) is 6.93. The number of nitrogens with one attached hydrogen (secondary N) is 1.